The van der Waals surface area contributed by atoms with Crippen molar-refractivity contribution in [3.8, 4) is 34.3 Å². The molecule has 10 nitrogen and oxygen atoms in total. The maximum atomic E-state index is 9.96. The number of nitrogens with zero attached hydrogens (tertiary/aromatic N) is 6. The Hall–Kier alpha value is -4.17. The lowest BCUT2D eigenvalue weighted by molar-refractivity contribution is -0.0660. The van der Waals surface area contributed by atoms with Crippen LogP contribution in [-0.2, 0) is 4.74 Å². The summed E-state index contributed by atoms with van der Waals surface area (Å²) >= 11 is 0. The Kier molecular flexibility index (Phi) is 6.71. The molecule has 3 saturated heterocycles. The van der Waals surface area contributed by atoms with Gasteiger partial charge in [0.1, 0.15) is 23.8 Å². The maximum absolute atomic E-state index is 9.96. The van der Waals surface area contributed by atoms with Crippen molar-refractivity contribution in [1.82, 2.24) is 19.9 Å². The summed E-state index contributed by atoms with van der Waals surface area (Å²) in [5.41, 5.74) is 6.79. The Morgan fingerprint density at radius 3 is 2.49 bits per heavy atom. The molecule has 3 aliphatic heterocycles. The van der Waals surface area contributed by atoms with Crippen LogP contribution in [0.1, 0.15) is 12.0 Å². The van der Waals surface area contributed by atoms with Gasteiger partial charge in [0.05, 0.1) is 55.1 Å². The van der Waals surface area contributed by atoms with Gasteiger partial charge in [0.25, 0.3) is 0 Å². The summed E-state index contributed by atoms with van der Waals surface area (Å²) < 4.78 is 11.2. The first-order valence-electron chi connectivity index (χ1n) is 14.2. The number of aromatic nitrogens is 3. The lowest BCUT2D eigenvalue weighted by Crippen LogP contribution is -2.56. The number of piperazine rings is 1. The predicted molar refractivity (Wildman–Crippen MR) is 157 cm³/mol. The molecular formula is C31H33N7O3. The van der Waals surface area contributed by atoms with E-state index >= 15 is 0 Å². The van der Waals surface area contributed by atoms with Crippen molar-refractivity contribution in [3.63, 3.8) is 0 Å². The molecule has 41 heavy (non-hydrogen) atoms. The zero-order valence-electron chi connectivity index (χ0n) is 23.1. The number of nitrogens with one attached hydrogen (secondary N) is 1. The molecule has 3 aliphatic rings. The number of β-amino-alcohol motifs (C(OH)–C–C–N with tert-alkyl or cyclic N) is 1. The smallest absolute Gasteiger partial charge is 0.142 e. The monoisotopic (exact) mass is 551 g/mol. The molecule has 7 rings (SSSR count). The molecule has 5 heterocycles. The lowest BCUT2D eigenvalue weighted by atomic mass is 10.0. The van der Waals surface area contributed by atoms with Gasteiger partial charge in [0.15, 0.2) is 0 Å². The second kappa shape index (κ2) is 10.7. The molecule has 1 atom stereocenters. The molecule has 4 aromatic rings. The van der Waals surface area contributed by atoms with Crippen molar-refractivity contribution in [2.45, 2.75) is 18.6 Å². The summed E-state index contributed by atoms with van der Waals surface area (Å²) in [6, 6.07) is 17.1. The van der Waals surface area contributed by atoms with E-state index in [0.29, 0.717) is 24.6 Å². The fourth-order valence-electron chi connectivity index (χ4n) is 6.20. The first-order chi connectivity index (χ1) is 20.1. The van der Waals surface area contributed by atoms with Gasteiger partial charge in [0.2, 0.25) is 0 Å². The van der Waals surface area contributed by atoms with Gasteiger partial charge >= 0.3 is 0 Å². The van der Waals surface area contributed by atoms with Gasteiger partial charge in [-0.1, -0.05) is 12.1 Å². The number of anilines is 2. The first kappa shape index (κ1) is 25.8. The van der Waals surface area contributed by atoms with E-state index in [-0.39, 0.29) is 6.10 Å². The van der Waals surface area contributed by atoms with Gasteiger partial charge in [-0.2, -0.15) is 5.26 Å². The first-order valence-corrected chi connectivity index (χ1v) is 14.2. The molecule has 210 valence electrons. The predicted octanol–water partition coefficient (Wildman–Crippen LogP) is 3.26. The van der Waals surface area contributed by atoms with Gasteiger partial charge in [-0.25, -0.2) is 9.97 Å². The summed E-state index contributed by atoms with van der Waals surface area (Å²) in [6.07, 6.45) is 1.91. The fraction of sp³-hybridized carbons (Fsp3) is 0.387. The zero-order chi connectivity index (χ0) is 27.9. The van der Waals surface area contributed by atoms with Crippen LogP contribution in [0, 0.1) is 11.3 Å². The van der Waals surface area contributed by atoms with Crippen molar-refractivity contribution in [2.75, 3.05) is 69.4 Å². The molecule has 0 aliphatic carbocycles. The minimum atomic E-state index is -0.355. The maximum Gasteiger partial charge on any atom is 0.142 e. The van der Waals surface area contributed by atoms with Gasteiger partial charge in [-0.3, -0.25) is 4.90 Å². The number of aromatic amines is 1. The quantitative estimate of drug-likeness (QED) is 0.373. The molecule has 0 bridgehead atoms. The van der Waals surface area contributed by atoms with E-state index in [4.69, 9.17) is 9.47 Å². The van der Waals surface area contributed by atoms with Gasteiger partial charge in [0, 0.05) is 61.5 Å². The van der Waals surface area contributed by atoms with Crippen LogP contribution in [-0.4, -0.2) is 96.7 Å². The largest absolute Gasteiger partial charge is 0.495 e. The van der Waals surface area contributed by atoms with Crippen LogP contribution in [0.3, 0.4) is 0 Å². The molecule has 0 radical (unpaired) electrons. The third-order valence-corrected chi connectivity index (χ3v) is 8.60. The third-order valence-electron chi connectivity index (χ3n) is 8.60. The molecule has 0 saturated carbocycles. The Morgan fingerprint density at radius 2 is 1.78 bits per heavy atom. The standard InChI is InChI=1S/C31H33N7O3/c1-40-29-13-20(2-5-28(29)37-10-8-36(9-11-37)23-17-41-18-23)26-14-25-30(33-19-34-31(25)35-26)21-3-4-27(22(12-21)15-32)38-7-6-24(39)16-38/h2-5,12-14,19,23-24,39H,6-11,16-18H2,1H3,(H,33,34,35). The summed E-state index contributed by atoms with van der Waals surface area (Å²) in [7, 11) is 1.72. The Bertz CT molecular complexity index is 1620. The molecule has 0 amide bonds. The topological polar surface area (TPSA) is 114 Å². The molecule has 3 fully saturated rings. The highest BCUT2D eigenvalue weighted by atomic mass is 16.5. The van der Waals surface area contributed by atoms with Crippen LogP contribution in [0.5, 0.6) is 5.75 Å². The number of H-pyrrole nitrogens is 1. The van der Waals surface area contributed by atoms with Crippen LogP contribution >= 0.6 is 0 Å². The summed E-state index contributed by atoms with van der Waals surface area (Å²) in [5, 5.41) is 20.7. The van der Waals surface area contributed by atoms with E-state index in [2.05, 4.69) is 60.0 Å². The number of hydrogen-bond acceptors (Lipinski definition) is 9. The van der Waals surface area contributed by atoms with Gasteiger partial charge < -0.3 is 29.4 Å². The number of aliphatic hydroxyl groups excluding tert-OH is 1. The Balaban J connectivity index is 1.17. The molecule has 1 unspecified atom stereocenters. The van der Waals surface area contributed by atoms with Crippen LogP contribution in [0.4, 0.5) is 11.4 Å². The van der Waals surface area contributed by atoms with Gasteiger partial charge in [-0.05, 0) is 36.8 Å². The molecule has 0 spiro atoms. The van der Waals surface area contributed by atoms with E-state index in [0.717, 1.165) is 96.6 Å². The van der Waals surface area contributed by atoms with Crippen molar-refractivity contribution in [2.24, 2.45) is 0 Å². The fourth-order valence-corrected chi connectivity index (χ4v) is 6.20. The van der Waals surface area contributed by atoms with Gasteiger partial charge in [-0.15, -0.1) is 0 Å². The highest BCUT2D eigenvalue weighted by Gasteiger charge is 2.30. The van der Waals surface area contributed by atoms with E-state index < -0.39 is 0 Å². The number of benzene rings is 2. The Labute approximate surface area is 238 Å². The SMILES string of the molecule is COc1cc(-c2cc3c(-c4ccc(N5CCC(O)C5)c(C#N)c4)ncnc3[nH]2)ccc1N1CCN(C2COC2)CC1. The molecule has 2 aromatic carbocycles. The van der Waals surface area contributed by atoms with Crippen molar-refractivity contribution in [1.29, 1.82) is 5.26 Å². The number of fused-ring (bicyclic) bond motifs is 1. The summed E-state index contributed by atoms with van der Waals surface area (Å²) in [5.74, 6) is 0.842. The van der Waals surface area contributed by atoms with Crippen molar-refractivity contribution in [3.05, 3.63) is 54.4 Å². The average Bonchev–Trinajstić information content (AvgIpc) is 3.62. The summed E-state index contributed by atoms with van der Waals surface area (Å²) in [4.78, 5) is 19.5. The van der Waals surface area contributed by atoms with Crippen molar-refractivity contribution >= 4 is 22.4 Å². The van der Waals surface area contributed by atoms with E-state index in [1.807, 2.05) is 18.2 Å². The van der Waals surface area contributed by atoms with Crippen molar-refractivity contribution < 1.29 is 14.6 Å². The lowest BCUT2D eigenvalue weighted by Gasteiger charge is -2.43. The highest BCUT2D eigenvalue weighted by molar-refractivity contribution is 5.95. The number of rotatable bonds is 6. The van der Waals surface area contributed by atoms with Crippen LogP contribution in [0.2, 0.25) is 0 Å². The second-order valence-electron chi connectivity index (χ2n) is 11.0. The minimum absolute atomic E-state index is 0.355. The molecule has 2 N–H and O–H groups in total. The van der Waals surface area contributed by atoms with E-state index in [1.54, 1.807) is 13.4 Å². The molecule has 10 heteroatoms. The van der Waals surface area contributed by atoms with E-state index in [1.165, 1.54) is 0 Å². The Morgan fingerprint density at radius 1 is 0.976 bits per heavy atom. The van der Waals surface area contributed by atoms with Crippen LogP contribution in [0.25, 0.3) is 33.5 Å². The number of aliphatic hydroxyl groups is 1. The highest BCUT2D eigenvalue weighted by Crippen LogP contribution is 2.37. The number of nitriles is 1. The van der Waals surface area contributed by atoms with E-state index in [9.17, 15) is 10.4 Å². The molecule has 2 aromatic heterocycles. The van der Waals surface area contributed by atoms with Crippen LogP contribution in [0.15, 0.2) is 48.8 Å². The number of methoxy groups -OCH3 is 1. The normalized spacial score (nSPS) is 19.9. The summed E-state index contributed by atoms with van der Waals surface area (Å²) in [6.45, 7) is 6.95. The molecular weight excluding hydrogens is 518 g/mol. The second-order valence-corrected chi connectivity index (χ2v) is 11.0. The number of hydrogen-bond donors (Lipinski definition) is 2. The van der Waals surface area contributed by atoms with Crippen LogP contribution < -0.4 is 14.5 Å². The average molecular weight is 552 g/mol. The minimum Gasteiger partial charge on any atom is -0.495 e. The number of ether oxygens (including phenoxy) is 2. The zero-order valence-corrected chi connectivity index (χ0v) is 23.1. The third kappa shape index (κ3) is 4.76.